The van der Waals surface area contributed by atoms with Crippen molar-refractivity contribution >= 4 is 11.4 Å². The number of non-ortho nitro benzene ring substituents is 1. The molecule has 2 heterocycles. The zero-order valence-corrected chi connectivity index (χ0v) is 22.2. The van der Waals surface area contributed by atoms with Crippen LogP contribution in [-0.4, -0.2) is 53.8 Å². The Morgan fingerprint density at radius 2 is 1.51 bits per heavy atom. The fourth-order valence-corrected chi connectivity index (χ4v) is 5.37. The Labute approximate surface area is 228 Å². The summed E-state index contributed by atoms with van der Waals surface area (Å²) in [4.78, 5) is 15.3. The van der Waals surface area contributed by atoms with Crippen LogP contribution >= 0.6 is 0 Å². The van der Waals surface area contributed by atoms with Crippen molar-refractivity contribution in [2.24, 2.45) is 11.7 Å². The van der Waals surface area contributed by atoms with Gasteiger partial charge < -0.3 is 25.2 Å². The van der Waals surface area contributed by atoms with E-state index in [1.165, 1.54) is 0 Å². The first-order valence-corrected chi connectivity index (χ1v) is 13.5. The molecule has 0 aliphatic carbocycles. The number of benzene rings is 3. The highest BCUT2D eigenvalue weighted by Crippen LogP contribution is 2.42. The highest BCUT2D eigenvalue weighted by Gasteiger charge is 2.39. The number of nitro benzene ring substituents is 1. The molecule has 0 saturated carbocycles. The van der Waals surface area contributed by atoms with Crippen LogP contribution in [0.1, 0.15) is 41.6 Å². The van der Waals surface area contributed by atoms with Gasteiger partial charge in [-0.1, -0.05) is 55.5 Å². The summed E-state index contributed by atoms with van der Waals surface area (Å²) in [6, 6.07) is 22.8. The number of piperazine rings is 1. The van der Waals surface area contributed by atoms with E-state index in [9.17, 15) is 15.2 Å². The lowest BCUT2D eigenvalue weighted by Gasteiger charge is -2.44. The molecule has 9 nitrogen and oxygen atoms in total. The second-order valence-electron chi connectivity index (χ2n) is 10.3. The predicted octanol–water partition coefficient (Wildman–Crippen LogP) is 4.16. The molecule has 39 heavy (non-hydrogen) atoms. The Balaban J connectivity index is 1.29. The minimum Gasteiger partial charge on any atom is -0.392 e. The number of nitrogens with zero attached hydrogens (tertiary/aromatic N) is 3. The van der Waals surface area contributed by atoms with Gasteiger partial charge in [-0.25, -0.2) is 0 Å². The van der Waals surface area contributed by atoms with Gasteiger partial charge in [0, 0.05) is 68.6 Å². The number of aliphatic hydroxyl groups excluding tert-OH is 1. The normalized spacial score (nSPS) is 24.0. The maximum atomic E-state index is 11.0. The monoisotopic (exact) mass is 532 g/mol. The number of nitro groups is 1. The minimum absolute atomic E-state index is 0.00899. The second-order valence-corrected chi connectivity index (χ2v) is 10.3. The SMILES string of the molecule is C[C@H]1[C@@H](CN2CCN(c3ccc([N+](=O)[O-])cc3)CC2)O[C@@H](c2ccc(CN)cc2)O[C@H]1c1ccc(CO)cc1. The van der Waals surface area contributed by atoms with Gasteiger partial charge in [-0.15, -0.1) is 0 Å². The van der Waals surface area contributed by atoms with Crippen molar-refractivity contribution in [3.8, 4) is 0 Å². The topological polar surface area (TPSA) is 114 Å². The van der Waals surface area contributed by atoms with Crippen molar-refractivity contribution in [3.05, 3.63) is 105 Å². The van der Waals surface area contributed by atoms with E-state index < -0.39 is 6.29 Å². The standard InChI is InChI=1S/C30H36N4O5/c1-21-28(19-32-14-16-33(17-15-32)26-10-12-27(13-11-26)34(36)37)38-30(25-8-2-22(18-31)3-9-25)39-29(21)24-6-4-23(20-35)5-7-24/h2-13,21,28-30,35H,14-20,31H2,1H3/t21-,28+,29+,30+/m0/s1. The number of hydrogen-bond acceptors (Lipinski definition) is 8. The van der Waals surface area contributed by atoms with Crippen LogP contribution < -0.4 is 10.6 Å². The van der Waals surface area contributed by atoms with Crippen molar-refractivity contribution in [1.29, 1.82) is 0 Å². The molecule has 0 unspecified atom stereocenters. The van der Waals surface area contributed by atoms with Crippen LogP contribution in [0, 0.1) is 16.0 Å². The summed E-state index contributed by atoms with van der Waals surface area (Å²) in [6.45, 7) is 6.87. The Hall–Kier alpha value is -3.34. The van der Waals surface area contributed by atoms with E-state index in [4.69, 9.17) is 15.2 Å². The van der Waals surface area contributed by atoms with Crippen molar-refractivity contribution in [2.75, 3.05) is 37.6 Å². The highest BCUT2D eigenvalue weighted by molar-refractivity contribution is 5.51. The number of rotatable bonds is 8. The number of hydrogen-bond donors (Lipinski definition) is 2. The Bertz CT molecular complexity index is 1230. The molecule has 4 atom stereocenters. The Morgan fingerprint density at radius 1 is 0.897 bits per heavy atom. The molecule has 3 N–H and O–H groups in total. The fraction of sp³-hybridized carbons (Fsp3) is 0.400. The number of ether oxygens (including phenoxy) is 2. The minimum atomic E-state index is -0.498. The third-order valence-electron chi connectivity index (χ3n) is 7.85. The molecule has 2 aliphatic heterocycles. The van der Waals surface area contributed by atoms with Gasteiger partial charge >= 0.3 is 0 Å². The summed E-state index contributed by atoms with van der Waals surface area (Å²) >= 11 is 0. The lowest BCUT2D eigenvalue weighted by Crippen LogP contribution is -2.51. The van der Waals surface area contributed by atoms with Gasteiger partial charge in [0.05, 0.1) is 23.7 Å². The molecular weight excluding hydrogens is 496 g/mol. The van der Waals surface area contributed by atoms with Crippen molar-refractivity contribution < 1.29 is 19.5 Å². The maximum absolute atomic E-state index is 11.0. The summed E-state index contributed by atoms with van der Waals surface area (Å²) in [5.41, 5.74) is 10.9. The third-order valence-corrected chi connectivity index (χ3v) is 7.85. The molecule has 2 saturated heterocycles. The molecule has 0 radical (unpaired) electrons. The van der Waals surface area contributed by atoms with Gasteiger partial charge in [0.2, 0.25) is 0 Å². The molecule has 5 rings (SSSR count). The molecule has 2 aliphatic rings. The third kappa shape index (κ3) is 6.29. The quantitative estimate of drug-likeness (QED) is 0.328. The van der Waals surface area contributed by atoms with E-state index in [0.717, 1.165) is 60.7 Å². The number of aliphatic hydroxyl groups is 1. The van der Waals surface area contributed by atoms with Crippen LogP contribution in [-0.2, 0) is 22.6 Å². The van der Waals surface area contributed by atoms with E-state index in [1.54, 1.807) is 12.1 Å². The van der Waals surface area contributed by atoms with E-state index in [-0.39, 0.29) is 35.3 Å². The van der Waals surface area contributed by atoms with Crippen LogP contribution in [0.15, 0.2) is 72.8 Å². The van der Waals surface area contributed by atoms with Gasteiger partial charge in [-0.2, -0.15) is 0 Å². The maximum Gasteiger partial charge on any atom is 0.269 e. The average molecular weight is 533 g/mol. The van der Waals surface area contributed by atoms with E-state index >= 15 is 0 Å². The summed E-state index contributed by atoms with van der Waals surface area (Å²) in [6.07, 6.45) is -0.703. The Morgan fingerprint density at radius 3 is 2.10 bits per heavy atom. The predicted molar refractivity (Wildman–Crippen MR) is 149 cm³/mol. The average Bonchev–Trinajstić information content (AvgIpc) is 2.99. The van der Waals surface area contributed by atoms with Gasteiger partial charge in [0.1, 0.15) is 0 Å². The van der Waals surface area contributed by atoms with Crippen LogP contribution in [0.4, 0.5) is 11.4 Å². The van der Waals surface area contributed by atoms with Crippen molar-refractivity contribution in [3.63, 3.8) is 0 Å². The molecule has 206 valence electrons. The molecular formula is C30H36N4O5. The van der Waals surface area contributed by atoms with Crippen LogP contribution in [0.25, 0.3) is 0 Å². The van der Waals surface area contributed by atoms with Gasteiger partial charge in [0.15, 0.2) is 6.29 Å². The summed E-state index contributed by atoms with van der Waals surface area (Å²) < 4.78 is 13.1. The van der Waals surface area contributed by atoms with Crippen LogP contribution in [0.2, 0.25) is 0 Å². The molecule has 0 spiro atoms. The fourth-order valence-electron chi connectivity index (χ4n) is 5.37. The van der Waals surface area contributed by atoms with E-state index in [0.29, 0.717) is 6.54 Å². The number of nitrogens with two attached hydrogens (primary N) is 1. The van der Waals surface area contributed by atoms with Gasteiger partial charge in [-0.05, 0) is 28.8 Å². The van der Waals surface area contributed by atoms with Gasteiger partial charge in [-0.3, -0.25) is 15.0 Å². The van der Waals surface area contributed by atoms with E-state index in [1.807, 2.05) is 60.7 Å². The largest absolute Gasteiger partial charge is 0.392 e. The molecule has 3 aromatic carbocycles. The lowest BCUT2D eigenvalue weighted by molar-refractivity contribution is -0.384. The highest BCUT2D eigenvalue weighted by atomic mass is 16.7. The smallest absolute Gasteiger partial charge is 0.269 e. The first-order valence-electron chi connectivity index (χ1n) is 13.5. The molecule has 3 aromatic rings. The van der Waals surface area contributed by atoms with Crippen LogP contribution in [0.5, 0.6) is 0 Å². The van der Waals surface area contributed by atoms with Gasteiger partial charge in [0.25, 0.3) is 5.69 Å². The van der Waals surface area contributed by atoms with Crippen molar-refractivity contribution in [2.45, 2.75) is 38.6 Å². The molecule has 0 bridgehead atoms. The van der Waals surface area contributed by atoms with Crippen LogP contribution in [0.3, 0.4) is 0 Å². The zero-order chi connectivity index (χ0) is 27.4. The molecule has 0 amide bonds. The lowest BCUT2D eigenvalue weighted by atomic mass is 9.90. The number of anilines is 1. The summed E-state index contributed by atoms with van der Waals surface area (Å²) in [5, 5.41) is 20.5. The van der Waals surface area contributed by atoms with Crippen molar-refractivity contribution in [1.82, 2.24) is 4.90 Å². The summed E-state index contributed by atoms with van der Waals surface area (Å²) in [7, 11) is 0. The first kappa shape index (κ1) is 27.2. The summed E-state index contributed by atoms with van der Waals surface area (Å²) in [5.74, 6) is 0.109. The second kappa shape index (κ2) is 12.2. The molecule has 0 aromatic heterocycles. The first-order chi connectivity index (χ1) is 18.9. The molecule has 2 fully saturated rings. The zero-order valence-electron chi connectivity index (χ0n) is 22.2. The van der Waals surface area contributed by atoms with E-state index in [2.05, 4.69) is 16.7 Å². The molecule has 9 heteroatoms. The Kier molecular flexibility index (Phi) is 8.54.